The molecule has 1 aromatic heterocycles. The first-order valence-corrected chi connectivity index (χ1v) is 5.27. The van der Waals surface area contributed by atoms with Crippen LogP contribution in [0.5, 0.6) is 0 Å². The molecule has 1 amide bonds. The monoisotopic (exact) mass is 217 g/mol. The van der Waals surface area contributed by atoms with E-state index in [4.69, 9.17) is 11.5 Å². The van der Waals surface area contributed by atoms with Gasteiger partial charge in [-0.25, -0.2) is 0 Å². The zero-order chi connectivity index (χ0) is 11.5. The number of carbonyl (C=O) groups excluding carboxylic acids is 1. The minimum absolute atomic E-state index is 0.276. The molecule has 0 saturated carbocycles. The van der Waals surface area contributed by atoms with Gasteiger partial charge in [0.05, 0.1) is 6.42 Å². The molecule has 0 unspecified atom stereocenters. The Bertz CT molecular complexity index is 516. The minimum atomic E-state index is -0.310. The molecule has 0 aliphatic carbocycles. The van der Waals surface area contributed by atoms with E-state index in [2.05, 4.69) is 4.57 Å². The SMILES string of the molecule is NCCn1cc(CC(N)=O)c2ccccc21. The van der Waals surface area contributed by atoms with Gasteiger partial charge in [0.25, 0.3) is 0 Å². The van der Waals surface area contributed by atoms with Crippen LogP contribution in [0.15, 0.2) is 30.5 Å². The van der Waals surface area contributed by atoms with Crippen molar-refractivity contribution >= 4 is 16.8 Å². The minimum Gasteiger partial charge on any atom is -0.369 e. The van der Waals surface area contributed by atoms with Crippen molar-refractivity contribution in [1.29, 1.82) is 0 Å². The average Bonchev–Trinajstić information content (AvgIpc) is 2.58. The van der Waals surface area contributed by atoms with Gasteiger partial charge in [-0.1, -0.05) is 18.2 Å². The van der Waals surface area contributed by atoms with E-state index in [0.717, 1.165) is 23.0 Å². The van der Waals surface area contributed by atoms with Crippen molar-refractivity contribution in [3.8, 4) is 0 Å². The number of carbonyl (C=O) groups is 1. The Kier molecular flexibility index (Phi) is 2.92. The molecule has 1 aromatic carbocycles. The summed E-state index contributed by atoms with van der Waals surface area (Å²) in [6, 6.07) is 7.96. The van der Waals surface area contributed by atoms with Gasteiger partial charge in [-0.15, -0.1) is 0 Å². The van der Waals surface area contributed by atoms with Crippen molar-refractivity contribution < 1.29 is 4.79 Å². The maximum atomic E-state index is 11.0. The van der Waals surface area contributed by atoms with E-state index in [0.29, 0.717) is 6.54 Å². The van der Waals surface area contributed by atoms with E-state index in [1.807, 2.05) is 30.5 Å². The molecule has 0 spiro atoms. The van der Waals surface area contributed by atoms with Gasteiger partial charge in [-0.3, -0.25) is 4.79 Å². The number of benzene rings is 1. The molecule has 2 aromatic rings. The van der Waals surface area contributed by atoms with Crippen LogP contribution in [0.4, 0.5) is 0 Å². The van der Waals surface area contributed by atoms with Crippen LogP contribution in [0.25, 0.3) is 10.9 Å². The van der Waals surface area contributed by atoms with Gasteiger partial charge in [0.2, 0.25) is 5.91 Å². The molecule has 0 fully saturated rings. The van der Waals surface area contributed by atoms with Crippen molar-refractivity contribution in [2.24, 2.45) is 11.5 Å². The Morgan fingerprint density at radius 2 is 2.06 bits per heavy atom. The fraction of sp³-hybridized carbons (Fsp3) is 0.250. The van der Waals surface area contributed by atoms with Crippen LogP contribution in [0.3, 0.4) is 0 Å². The third-order valence-corrected chi connectivity index (χ3v) is 2.61. The van der Waals surface area contributed by atoms with Gasteiger partial charge in [-0.05, 0) is 11.6 Å². The first-order chi connectivity index (χ1) is 7.72. The number of nitrogens with zero attached hydrogens (tertiary/aromatic N) is 1. The lowest BCUT2D eigenvalue weighted by atomic mass is 10.1. The molecular formula is C12H15N3O. The summed E-state index contributed by atoms with van der Waals surface area (Å²) in [5.41, 5.74) is 12.8. The molecule has 4 N–H and O–H groups in total. The zero-order valence-electron chi connectivity index (χ0n) is 9.02. The van der Waals surface area contributed by atoms with Gasteiger partial charge in [0, 0.05) is 30.2 Å². The fourth-order valence-electron chi connectivity index (χ4n) is 1.98. The summed E-state index contributed by atoms with van der Waals surface area (Å²) in [4.78, 5) is 11.0. The normalized spacial score (nSPS) is 10.8. The highest BCUT2D eigenvalue weighted by Crippen LogP contribution is 2.21. The molecule has 0 aliphatic rings. The summed E-state index contributed by atoms with van der Waals surface area (Å²) in [7, 11) is 0. The summed E-state index contributed by atoms with van der Waals surface area (Å²) in [5.74, 6) is -0.310. The van der Waals surface area contributed by atoms with Gasteiger partial charge in [-0.2, -0.15) is 0 Å². The number of para-hydroxylation sites is 1. The van der Waals surface area contributed by atoms with Crippen molar-refractivity contribution in [1.82, 2.24) is 4.57 Å². The molecule has 16 heavy (non-hydrogen) atoms. The third-order valence-electron chi connectivity index (χ3n) is 2.61. The van der Waals surface area contributed by atoms with Gasteiger partial charge in [0.1, 0.15) is 0 Å². The number of rotatable bonds is 4. The second-order valence-electron chi connectivity index (χ2n) is 3.80. The number of nitrogens with two attached hydrogens (primary N) is 2. The molecule has 1 heterocycles. The largest absolute Gasteiger partial charge is 0.369 e. The number of hydrogen-bond donors (Lipinski definition) is 2. The van der Waals surface area contributed by atoms with E-state index in [-0.39, 0.29) is 12.3 Å². The third kappa shape index (κ3) is 1.92. The summed E-state index contributed by atoms with van der Waals surface area (Å²) >= 11 is 0. The van der Waals surface area contributed by atoms with Crippen LogP contribution < -0.4 is 11.5 Å². The number of amides is 1. The molecule has 4 heteroatoms. The Morgan fingerprint density at radius 1 is 1.31 bits per heavy atom. The lowest BCUT2D eigenvalue weighted by Crippen LogP contribution is -2.13. The topological polar surface area (TPSA) is 74.0 Å². The van der Waals surface area contributed by atoms with Gasteiger partial charge in [0.15, 0.2) is 0 Å². The predicted octanol–water partition coefficient (Wildman–Crippen LogP) is 0.628. The smallest absolute Gasteiger partial charge is 0.221 e. The zero-order valence-corrected chi connectivity index (χ0v) is 9.02. The maximum Gasteiger partial charge on any atom is 0.221 e. The second kappa shape index (κ2) is 4.37. The van der Waals surface area contributed by atoms with Crippen LogP contribution in [0.1, 0.15) is 5.56 Å². The second-order valence-corrected chi connectivity index (χ2v) is 3.80. The Hall–Kier alpha value is -1.81. The fourth-order valence-corrected chi connectivity index (χ4v) is 1.98. The molecule has 0 bridgehead atoms. The highest BCUT2D eigenvalue weighted by Gasteiger charge is 2.09. The van der Waals surface area contributed by atoms with Crippen molar-refractivity contribution in [3.63, 3.8) is 0 Å². The molecule has 0 aliphatic heterocycles. The van der Waals surface area contributed by atoms with Crippen LogP contribution in [-0.4, -0.2) is 17.0 Å². The average molecular weight is 217 g/mol. The van der Waals surface area contributed by atoms with Crippen molar-refractivity contribution in [2.75, 3.05) is 6.54 Å². The number of hydrogen-bond acceptors (Lipinski definition) is 2. The van der Waals surface area contributed by atoms with Crippen molar-refractivity contribution in [2.45, 2.75) is 13.0 Å². The molecule has 0 radical (unpaired) electrons. The lowest BCUT2D eigenvalue weighted by Gasteiger charge is -2.01. The predicted molar refractivity (Wildman–Crippen MR) is 63.9 cm³/mol. The van der Waals surface area contributed by atoms with E-state index in [1.54, 1.807) is 0 Å². The van der Waals surface area contributed by atoms with Crippen molar-refractivity contribution in [3.05, 3.63) is 36.0 Å². The van der Waals surface area contributed by atoms with Crippen LogP contribution in [0, 0.1) is 0 Å². The Balaban J connectivity index is 2.52. The standard InChI is InChI=1S/C12H15N3O/c13-5-6-15-8-9(7-12(14)16)10-3-1-2-4-11(10)15/h1-4,8H,5-7,13H2,(H2,14,16). The molecule has 4 nitrogen and oxygen atoms in total. The highest BCUT2D eigenvalue weighted by molar-refractivity contribution is 5.88. The van der Waals surface area contributed by atoms with E-state index >= 15 is 0 Å². The molecular weight excluding hydrogens is 202 g/mol. The lowest BCUT2D eigenvalue weighted by molar-refractivity contribution is -0.117. The number of primary amides is 1. The molecule has 0 saturated heterocycles. The summed E-state index contributed by atoms with van der Waals surface area (Å²) < 4.78 is 2.06. The van der Waals surface area contributed by atoms with E-state index < -0.39 is 0 Å². The van der Waals surface area contributed by atoms with Crippen LogP contribution >= 0.6 is 0 Å². The summed E-state index contributed by atoms with van der Waals surface area (Å²) in [6.07, 6.45) is 2.24. The van der Waals surface area contributed by atoms with Gasteiger partial charge >= 0.3 is 0 Å². The Labute approximate surface area is 93.8 Å². The first kappa shape index (κ1) is 10.7. The first-order valence-electron chi connectivity index (χ1n) is 5.27. The van der Waals surface area contributed by atoms with E-state index in [1.165, 1.54) is 0 Å². The summed E-state index contributed by atoms with van der Waals surface area (Å²) in [5, 5.41) is 1.08. The summed E-state index contributed by atoms with van der Waals surface area (Å²) in [6.45, 7) is 1.33. The van der Waals surface area contributed by atoms with E-state index in [9.17, 15) is 4.79 Å². The quantitative estimate of drug-likeness (QED) is 0.788. The number of aromatic nitrogens is 1. The Morgan fingerprint density at radius 3 is 2.75 bits per heavy atom. The van der Waals surface area contributed by atoms with Crippen LogP contribution in [-0.2, 0) is 17.8 Å². The molecule has 0 atom stereocenters. The number of fused-ring (bicyclic) bond motifs is 1. The van der Waals surface area contributed by atoms with Crippen LogP contribution in [0.2, 0.25) is 0 Å². The maximum absolute atomic E-state index is 11.0. The van der Waals surface area contributed by atoms with Gasteiger partial charge < -0.3 is 16.0 Å². The highest BCUT2D eigenvalue weighted by atomic mass is 16.1. The molecule has 2 rings (SSSR count). The molecule has 84 valence electrons.